The van der Waals surface area contributed by atoms with Gasteiger partial charge in [0.25, 0.3) is 0 Å². The number of hydrogen-bond acceptors (Lipinski definition) is 2. The number of pyridine rings is 2. The van der Waals surface area contributed by atoms with Crippen LogP contribution >= 0.6 is 11.6 Å². The minimum Gasteiger partial charge on any atom is -0.256 e. The Hall–Kier alpha value is -6.87. The summed E-state index contributed by atoms with van der Waals surface area (Å²) >= 11 is 7.15. The predicted molar refractivity (Wildman–Crippen MR) is 268 cm³/mol. The Morgan fingerprint density at radius 2 is 0.667 bits per heavy atom. The highest BCUT2D eigenvalue weighted by Gasteiger charge is 2.20. The highest BCUT2D eigenvalue weighted by Crippen LogP contribution is 2.45. The van der Waals surface area contributed by atoms with E-state index in [1.165, 1.54) is 11.1 Å². The number of nitrogens with zero attached hydrogens (tertiary/aromatic N) is 2. The number of hydrogen-bond donors (Lipinski definition) is 0. The molecule has 0 fully saturated rings. The van der Waals surface area contributed by atoms with E-state index < -0.39 is 0 Å². The van der Waals surface area contributed by atoms with E-state index in [0.717, 1.165) is 89.3 Å². The normalized spacial score (nSPS) is 11.7. The molecule has 3 heteroatoms. The quantitative estimate of drug-likeness (QED) is 0.152. The minimum atomic E-state index is 0.0147. The Morgan fingerprint density at radius 1 is 0.302 bits per heavy atom. The lowest BCUT2D eigenvalue weighted by Crippen LogP contribution is -2.11. The summed E-state index contributed by atoms with van der Waals surface area (Å²) in [5.74, 6) is 0. The van der Waals surface area contributed by atoms with Crippen LogP contribution in [0.15, 0.2) is 200 Å². The molecule has 308 valence electrons. The van der Waals surface area contributed by atoms with Gasteiger partial charge in [-0.2, -0.15) is 0 Å². The van der Waals surface area contributed by atoms with Crippen LogP contribution in [0.4, 0.5) is 0 Å². The number of benzene rings is 7. The summed E-state index contributed by atoms with van der Waals surface area (Å²) in [6.45, 7) is 13.5. The molecular formula is C60H51ClN2. The summed E-state index contributed by atoms with van der Waals surface area (Å²) in [6.07, 6.45) is 3.86. The van der Waals surface area contributed by atoms with Gasteiger partial charge in [-0.3, -0.25) is 9.97 Å². The van der Waals surface area contributed by atoms with E-state index in [4.69, 9.17) is 21.6 Å². The van der Waals surface area contributed by atoms with Gasteiger partial charge in [0.05, 0.1) is 11.4 Å². The van der Waals surface area contributed by atoms with E-state index in [-0.39, 0.29) is 10.8 Å². The maximum atomic E-state index is 7.15. The van der Waals surface area contributed by atoms with Crippen LogP contribution in [0.25, 0.3) is 89.3 Å². The molecule has 0 N–H and O–H groups in total. The second-order valence-electron chi connectivity index (χ2n) is 18.4. The van der Waals surface area contributed by atoms with E-state index in [0.29, 0.717) is 5.02 Å². The van der Waals surface area contributed by atoms with Crippen molar-refractivity contribution >= 4 is 11.6 Å². The molecular weight excluding hydrogens is 784 g/mol. The third kappa shape index (κ3) is 8.78. The van der Waals surface area contributed by atoms with Gasteiger partial charge in [0, 0.05) is 28.5 Å². The van der Waals surface area contributed by atoms with Crippen LogP contribution < -0.4 is 0 Å². The van der Waals surface area contributed by atoms with Gasteiger partial charge in [-0.05, 0) is 143 Å². The Labute approximate surface area is 378 Å². The molecule has 0 spiro atoms. The van der Waals surface area contributed by atoms with Gasteiger partial charge < -0.3 is 0 Å². The Bertz CT molecular complexity index is 2870. The standard InChI is InChI=1S/C60H51ClN2/c1-59(2,3)46-29-31-62-57(38-46)42-25-27-53(55(36-42)40-17-9-7-10-18-40)51-23-15-13-21-49(51)44-33-45(35-48(61)34-44)50-22-14-16-24-52(50)54-28-26-43(37-56(54)41-19-11-8-12-20-41)58-39-47(30-32-63-58)60(4,5)6/h7-39H,1-6H3. The molecule has 0 aliphatic rings. The number of rotatable bonds is 8. The zero-order valence-electron chi connectivity index (χ0n) is 36.8. The third-order valence-corrected chi connectivity index (χ3v) is 12.2. The van der Waals surface area contributed by atoms with E-state index in [9.17, 15) is 0 Å². The molecule has 63 heavy (non-hydrogen) atoms. The largest absolute Gasteiger partial charge is 0.256 e. The van der Waals surface area contributed by atoms with E-state index >= 15 is 0 Å². The Morgan fingerprint density at radius 3 is 1.06 bits per heavy atom. The van der Waals surface area contributed by atoms with Crippen molar-refractivity contribution in [2.45, 2.75) is 52.4 Å². The van der Waals surface area contributed by atoms with E-state index in [2.05, 4.69) is 230 Å². The topological polar surface area (TPSA) is 25.8 Å². The zero-order chi connectivity index (χ0) is 43.7. The van der Waals surface area contributed by atoms with E-state index in [1.54, 1.807) is 0 Å². The van der Waals surface area contributed by atoms with E-state index in [1.807, 2.05) is 12.4 Å². The Balaban J connectivity index is 1.17. The van der Waals surface area contributed by atoms with Crippen LogP contribution in [0.5, 0.6) is 0 Å². The molecule has 0 saturated heterocycles. The average molecular weight is 836 g/mol. The molecule has 2 aromatic heterocycles. The van der Waals surface area contributed by atoms with Crippen molar-refractivity contribution in [3.63, 3.8) is 0 Å². The molecule has 2 heterocycles. The van der Waals surface area contributed by atoms with Gasteiger partial charge in [0.2, 0.25) is 0 Å². The molecule has 0 atom stereocenters. The lowest BCUT2D eigenvalue weighted by molar-refractivity contribution is 0.589. The summed E-state index contributed by atoms with van der Waals surface area (Å²) < 4.78 is 0. The molecule has 2 nitrogen and oxygen atoms in total. The lowest BCUT2D eigenvalue weighted by Gasteiger charge is -2.20. The third-order valence-electron chi connectivity index (χ3n) is 12.0. The average Bonchev–Trinajstić information content (AvgIpc) is 3.31. The number of aromatic nitrogens is 2. The maximum absolute atomic E-state index is 7.15. The van der Waals surface area contributed by atoms with Crippen molar-refractivity contribution in [1.82, 2.24) is 9.97 Å². The molecule has 0 aliphatic carbocycles. The van der Waals surface area contributed by atoms with Crippen molar-refractivity contribution < 1.29 is 0 Å². The van der Waals surface area contributed by atoms with Gasteiger partial charge in [-0.15, -0.1) is 0 Å². The van der Waals surface area contributed by atoms with Crippen molar-refractivity contribution in [2.24, 2.45) is 0 Å². The first-order valence-electron chi connectivity index (χ1n) is 21.7. The fraction of sp³-hybridized carbons (Fsp3) is 0.133. The van der Waals surface area contributed by atoms with Gasteiger partial charge >= 0.3 is 0 Å². The molecule has 0 bridgehead atoms. The SMILES string of the molecule is CC(C)(C)c1ccnc(-c2ccc(-c3ccccc3-c3cc(Cl)cc(-c4ccccc4-c4ccc(-c5cc(C(C)(C)C)ccn5)cc4-c4ccccc4)c3)c(-c3ccccc3)c2)c1. The van der Waals surface area contributed by atoms with Crippen molar-refractivity contribution in [1.29, 1.82) is 0 Å². The van der Waals surface area contributed by atoms with Crippen LogP contribution in [0.3, 0.4) is 0 Å². The van der Waals surface area contributed by atoms with Gasteiger partial charge in [-0.25, -0.2) is 0 Å². The molecule has 0 amide bonds. The smallest absolute Gasteiger partial charge is 0.0705 e. The molecule has 9 aromatic rings. The summed E-state index contributed by atoms with van der Waals surface area (Å²) in [5.41, 5.74) is 20.1. The van der Waals surface area contributed by atoms with Crippen LogP contribution in [0.1, 0.15) is 52.7 Å². The highest BCUT2D eigenvalue weighted by atomic mass is 35.5. The molecule has 0 aliphatic heterocycles. The highest BCUT2D eigenvalue weighted by molar-refractivity contribution is 6.31. The fourth-order valence-electron chi connectivity index (χ4n) is 8.54. The van der Waals surface area contributed by atoms with Gasteiger partial charge in [0.15, 0.2) is 0 Å². The van der Waals surface area contributed by atoms with Crippen molar-refractivity contribution in [2.75, 3.05) is 0 Å². The second kappa shape index (κ2) is 17.1. The van der Waals surface area contributed by atoms with Gasteiger partial charge in [0.1, 0.15) is 0 Å². The predicted octanol–water partition coefficient (Wildman–Crippen LogP) is 17.1. The minimum absolute atomic E-state index is 0.0147. The molecule has 0 saturated carbocycles. The zero-order valence-corrected chi connectivity index (χ0v) is 37.6. The van der Waals surface area contributed by atoms with Crippen LogP contribution in [0, 0.1) is 0 Å². The maximum Gasteiger partial charge on any atom is 0.0705 e. The Kier molecular flexibility index (Phi) is 11.3. The molecule has 9 rings (SSSR count). The number of halogens is 1. The molecule has 0 radical (unpaired) electrons. The first-order chi connectivity index (χ1) is 30.4. The van der Waals surface area contributed by atoms with Crippen LogP contribution in [-0.4, -0.2) is 9.97 Å². The first-order valence-corrected chi connectivity index (χ1v) is 22.1. The monoisotopic (exact) mass is 834 g/mol. The summed E-state index contributed by atoms with van der Waals surface area (Å²) in [6, 6.07) is 67.4. The lowest BCUT2D eigenvalue weighted by atomic mass is 9.85. The van der Waals surface area contributed by atoms with Crippen LogP contribution in [0.2, 0.25) is 5.02 Å². The second-order valence-corrected chi connectivity index (χ2v) is 18.9. The first kappa shape index (κ1) is 41.5. The summed E-state index contributed by atoms with van der Waals surface area (Å²) in [5, 5.41) is 0.680. The van der Waals surface area contributed by atoms with Gasteiger partial charge in [-0.1, -0.05) is 187 Å². The molecule has 0 unspecified atom stereocenters. The fourth-order valence-corrected chi connectivity index (χ4v) is 8.77. The van der Waals surface area contributed by atoms with Crippen LogP contribution in [-0.2, 0) is 10.8 Å². The summed E-state index contributed by atoms with van der Waals surface area (Å²) in [7, 11) is 0. The van der Waals surface area contributed by atoms with Crippen molar-refractivity contribution in [3.8, 4) is 89.3 Å². The molecule has 7 aromatic carbocycles. The summed E-state index contributed by atoms with van der Waals surface area (Å²) in [4.78, 5) is 9.67. The van der Waals surface area contributed by atoms with Crippen molar-refractivity contribution in [3.05, 3.63) is 217 Å².